The summed E-state index contributed by atoms with van der Waals surface area (Å²) in [4.78, 5) is 0. The van der Waals surface area contributed by atoms with Crippen molar-refractivity contribution in [3.63, 3.8) is 0 Å². The monoisotopic (exact) mass is 458 g/mol. The van der Waals surface area contributed by atoms with Gasteiger partial charge in [0.2, 0.25) is 0 Å². The van der Waals surface area contributed by atoms with Gasteiger partial charge in [0.15, 0.2) is 0 Å². The fourth-order valence-electron chi connectivity index (χ4n) is 3.60. The van der Waals surface area contributed by atoms with Crippen LogP contribution in [0.25, 0.3) is 0 Å². The van der Waals surface area contributed by atoms with E-state index in [9.17, 15) is 0 Å². The first-order valence-electron chi connectivity index (χ1n) is 12.1. The number of rotatable bonds is 22. The second-order valence-electron chi connectivity index (χ2n) is 8.11. The van der Waals surface area contributed by atoms with Gasteiger partial charge in [0, 0.05) is 0 Å². The summed E-state index contributed by atoms with van der Waals surface area (Å²) in [5.41, 5.74) is 0. The molecule has 150 valence electrons. The van der Waals surface area contributed by atoms with Crippen molar-refractivity contribution in [2.24, 2.45) is 0 Å². The first-order chi connectivity index (χ1) is 12.4. The van der Waals surface area contributed by atoms with Crippen LogP contribution >= 0.6 is 0 Å². The van der Waals surface area contributed by atoms with Crippen LogP contribution in [0.5, 0.6) is 0 Å². The number of unbranched alkanes of at least 4 members (excludes halogenated alkanes) is 18. The van der Waals surface area contributed by atoms with Gasteiger partial charge >= 0.3 is 172 Å². The summed E-state index contributed by atoms with van der Waals surface area (Å²) in [7, 11) is 0. The third-order valence-electron chi connectivity index (χ3n) is 5.41. The Morgan fingerprint density at radius 3 is 0.840 bits per heavy atom. The van der Waals surface area contributed by atoms with Gasteiger partial charge in [0.25, 0.3) is 0 Å². The molecule has 0 aliphatic carbocycles. The van der Waals surface area contributed by atoms with Gasteiger partial charge < -0.3 is 0 Å². The summed E-state index contributed by atoms with van der Waals surface area (Å²) in [6, 6.07) is 0. The van der Waals surface area contributed by atoms with E-state index in [-0.39, 0.29) is 21.1 Å². The molecule has 0 atom stereocenters. The molecule has 0 aromatic carbocycles. The van der Waals surface area contributed by atoms with Crippen molar-refractivity contribution in [1.82, 2.24) is 0 Å². The van der Waals surface area contributed by atoms with Crippen molar-refractivity contribution >= 4 is 21.1 Å². The van der Waals surface area contributed by atoms with Gasteiger partial charge in [-0.05, 0) is 0 Å². The Kier molecular flexibility index (Phi) is 25.6. The molecule has 0 unspecified atom stereocenters. The molecular weight excluding hydrogens is 407 g/mol. The second kappa shape index (κ2) is 24.8. The molecule has 0 saturated heterocycles. The van der Waals surface area contributed by atoms with Gasteiger partial charge in [0.1, 0.15) is 0 Å². The zero-order valence-electron chi connectivity index (χ0n) is 18.1. The third-order valence-corrected chi connectivity index (χ3v) is 9.45. The Hall–Kier alpha value is 0.799. The van der Waals surface area contributed by atoms with E-state index in [2.05, 4.69) is 13.8 Å². The van der Waals surface area contributed by atoms with Gasteiger partial charge in [-0.2, -0.15) is 0 Å². The summed E-state index contributed by atoms with van der Waals surface area (Å²) >= 11 is 0.0377. The average Bonchev–Trinajstić information content (AvgIpc) is 2.63. The minimum absolute atomic E-state index is 0.0377. The number of hydrogen-bond donors (Lipinski definition) is 0. The van der Waals surface area contributed by atoms with Crippen LogP contribution in [0.15, 0.2) is 0 Å². The molecule has 0 amide bonds. The maximum atomic E-state index is 2.31. The van der Waals surface area contributed by atoms with Gasteiger partial charge in [-0.25, -0.2) is 0 Å². The van der Waals surface area contributed by atoms with Crippen LogP contribution in [0.1, 0.15) is 142 Å². The van der Waals surface area contributed by atoms with Crippen LogP contribution in [0.3, 0.4) is 0 Å². The van der Waals surface area contributed by atoms with Crippen LogP contribution in [0, 0.1) is 0 Å². The Bertz CT molecular complexity index is 192. The molecule has 0 heterocycles. The molecule has 1 heteroatoms. The molecule has 0 aliphatic rings. The topological polar surface area (TPSA) is 0 Å². The van der Waals surface area contributed by atoms with E-state index in [1.807, 2.05) is 0 Å². The van der Waals surface area contributed by atoms with Gasteiger partial charge in [0.05, 0.1) is 0 Å². The van der Waals surface area contributed by atoms with E-state index in [1.54, 1.807) is 21.7 Å². The predicted octanol–water partition coefficient (Wildman–Crippen LogP) is 9.37. The minimum atomic E-state index is 0.0377. The van der Waals surface area contributed by atoms with Gasteiger partial charge in [-0.3, -0.25) is 0 Å². The Labute approximate surface area is 171 Å². The van der Waals surface area contributed by atoms with Crippen LogP contribution < -0.4 is 0 Å². The molecular formula is C24H50Sn. The zero-order chi connectivity index (χ0) is 18.3. The Morgan fingerprint density at radius 2 is 0.560 bits per heavy atom. The zero-order valence-corrected chi connectivity index (χ0v) is 20.9. The van der Waals surface area contributed by atoms with E-state index in [0.29, 0.717) is 0 Å². The van der Waals surface area contributed by atoms with E-state index in [4.69, 9.17) is 0 Å². The summed E-state index contributed by atoms with van der Waals surface area (Å²) in [5.74, 6) is 0. The normalized spacial score (nSPS) is 11.3. The van der Waals surface area contributed by atoms with Crippen molar-refractivity contribution in [1.29, 1.82) is 0 Å². The van der Waals surface area contributed by atoms with E-state index < -0.39 is 0 Å². The molecule has 25 heavy (non-hydrogen) atoms. The standard InChI is InChI=1S/2C12H25.Sn/c2*1-3-5-7-9-11-12-10-8-6-4-2;/h2*1,3-12H2,2H3;. The van der Waals surface area contributed by atoms with Crippen molar-refractivity contribution in [3.8, 4) is 0 Å². The maximum absolute atomic E-state index is 2.31. The summed E-state index contributed by atoms with van der Waals surface area (Å²) in [6.45, 7) is 4.61. The fourth-order valence-corrected chi connectivity index (χ4v) is 7.17. The molecule has 0 fully saturated rings. The first-order valence-corrected chi connectivity index (χ1v) is 16.2. The van der Waals surface area contributed by atoms with Crippen molar-refractivity contribution in [2.45, 2.75) is 151 Å². The van der Waals surface area contributed by atoms with Crippen LogP contribution in [-0.2, 0) is 0 Å². The van der Waals surface area contributed by atoms with Crippen molar-refractivity contribution < 1.29 is 0 Å². The van der Waals surface area contributed by atoms with E-state index in [1.165, 1.54) is 116 Å². The van der Waals surface area contributed by atoms with Crippen molar-refractivity contribution in [3.05, 3.63) is 0 Å². The van der Waals surface area contributed by atoms with Gasteiger partial charge in [-0.15, -0.1) is 0 Å². The second-order valence-corrected chi connectivity index (χ2v) is 12.4. The molecule has 0 aromatic rings. The van der Waals surface area contributed by atoms with Crippen LogP contribution in [-0.4, -0.2) is 21.1 Å². The molecule has 0 spiro atoms. The molecule has 0 aliphatic heterocycles. The fraction of sp³-hybridized carbons (Fsp3) is 1.00. The summed E-state index contributed by atoms with van der Waals surface area (Å²) in [5, 5.41) is 0. The molecule has 0 nitrogen and oxygen atoms in total. The van der Waals surface area contributed by atoms with E-state index >= 15 is 0 Å². The summed E-state index contributed by atoms with van der Waals surface area (Å²) in [6.07, 6.45) is 29.8. The van der Waals surface area contributed by atoms with Crippen LogP contribution in [0.2, 0.25) is 8.87 Å². The molecule has 0 rings (SSSR count). The number of hydrogen-bond acceptors (Lipinski definition) is 0. The molecule has 2 radical (unpaired) electrons. The Balaban J connectivity index is 2.94. The third kappa shape index (κ3) is 24.8. The molecule has 0 bridgehead atoms. The quantitative estimate of drug-likeness (QED) is 0.112. The average molecular weight is 457 g/mol. The molecule has 0 saturated carbocycles. The van der Waals surface area contributed by atoms with E-state index in [0.717, 1.165) is 0 Å². The molecule has 0 aromatic heterocycles. The van der Waals surface area contributed by atoms with Crippen LogP contribution in [0.4, 0.5) is 0 Å². The molecule has 0 N–H and O–H groups in total. The Morgan fingerprint density at radius 1 is 0.320 bits per heavy atom. The van der Waals surface area contributed by atoms with Gasteiger partial charge in [-0.1, -0.05) is 0 Å². The predicted molar refractivity (Wildman–Crippen MR) is 119 cm³/mol. The summed E-state index contributed by atoms with van der Waals surface area (Å²) < 4.78 is 3.33. The SMILES string of the molecule is CCCCCCCCCCC[CH2][Sn][CH2]CCCCCCCCCCC. The first kappa shape index (κ1) is 25.8. The van der Waals surface area contributed by atoms with Crippen molar-refractivity contribution in [2.75, 3.05) is 0 Å².